The molecule has 0 fully saturated rings. The summed E-state index contributed by atoms with van der Waals surface area (Å²) in [5.41, 5.74) is 3.06. The molecule has 4 heteroatoms. The fraction of sp³-hybridized carbons (Fsp3) is 0.111. The molecule has 0 atom stereocenters. The molecule has 0 unspecified atom stereocenters. The maximum absolute atomic E-state index is 4.36. The van der Waals surface area contributed by atoms with Crippen LogP contribution in [0.2, 0.25) is 0 Å². The molecule has 2 nitrogen and oxygen atoms in total. The lowest BCUT2D eigenvalue weighted by Gasteiger charge is -2.10. The van der Waals surface area contributed by atoms with E-state index >= 15 is 0 Å². The largest absolute Gasteiger partial charge is 0.259 e. The van der Waals surface area contributed by atoms with Gasteiger partial charge < -0.3 is 0 Å². The van der Waals surface area contributed by atoms with Gasteiger partial charge in [-0.2, -0.15) is 0 Å². The molecule has 2 heterocycles. The highest BCUT2D eigenvalue weighted by Gasteiger charge is 2.14. The lowest BCUT2D eigenvalue weighted by atomic mass is 10.2. The first-order valence-electron chi connectivity index (χ1n) is 3.98. The number of hydrogen-bond donors (Lipinski definition) is 0. The highest BCUT2D eigenvalue weighted by atomic mass is 32.2. The molecule has 3 rings (SSSR count). The van der Waals surface area contributed by atoms with E-state index in [0.717, 1.165) is 17.5 Å². The molecule has 64 valence electrons. The van der Waals surface area contributed by atoms with Crippen LogP contribution in [0.5, 0.6) is 0 Å². The van der Waals surface area contributed by atoms with Crippen molar-refractivity contribution in [1.82, 2.24) is 4.98 Å². The fourth-order valence-electron chi connectivity index (χ4n) is 1.44. The summed E-state index contributed by atoms with van der Waals surface area (Å²) in [6.07, 6.45) is 5.01. The molecule has 2 aliphatic rings. The van der Waals surface area contributed by atoms with Gasteiger partial charge in [0.25, 0.3) is 0 Å². The Kier molecular flexibility index (Phi) is 1.63. The van der Waals surface area contributed by atoms with Gasteiger partial charge in [0.15, 0.2) is 0 Å². The van der Waals surface area contributed by atoms with E-state index in [9.17, 15) is 0 Å². The van der Waals surface area contributed by atoms with Crippen LogP contribution in [0.3, 0.4) is 0 Å². The normalized spacial score (nSPS) is 18.8. The van der Waals surface area contributed by atoms with Crippen LogP contribution in [0.15, 0.2) is 22.1 Å². The van der Waals surface area contributed by atoms with Gasteiger partial charge in [-0.15, -0.1) is 11.3 Å². The van der Waals surface area contributed by atoms with Gasteiger partial charge in [0.2, 0.25) is 0 Å². The van der Waals surface area contributed by atoms with Crippen LogP contribution in [-0.4, -0.2) is 10.7 Å². The van der Waals surface area contributed by atoms with E-state index < -0.39 is 0 Å². The summed E-state index contributed by atoms with van der Waals surface area (Å²) in [5, 5.41) is 3.12. The van der Waals surface area contributed by atoms with Gasteiger partial charge in [0, 0.05) is 12.6 Å². The maximum atomic E-state index is 4.36. The van der Waals surface area contributed by atoms with Crippen molar-refractivity contribution < 1.29 is 0 Å². The molecule has 0 aromatic carbocycles. The van der Waals surface area contributed by atoms with E-state index in [1.165, 1.54) is 9.44 Å². The molecule has 0 saturated heterocycles. The molecular weight excluding hydrogens is 200 g/mol. The number of thioether (sulfide) groups is 1. The Labute approximate surface area is 83.4 Å². The van der Waals surface area contributed by atoms with Gasteiger partial charge in [-0.1, -0.05) is 17.8 Å². The average molecular weight is 206 g/mol. The highest BCUT2D eigenvalue weighted by Crippen LogP contribution is 2.25. The van der Waals surface area contributed by atoms with Crippen LogP contribution in [0.4, 0.5) is 0 Å². The molecule has 1 aliphatic carbocycles. The third kappa shape index (κ3) is 1.09. The van der Waals surface area contributed by atoms with Gasteiger partial charge in [-0.25, -0.2) is 4.98 Å². The molecule has 1 aromatic rings. The SMILES string of the molecule is C1=CSC2=c3ncsc3=CCC2=N1. The topological polar surface area (TPSA) is 25.2 Å². The number of aromatic nitrogens is 1. The second-order valence-corrected chi connectivity index (χ2v) is 4.58. The van der Waals surface area contributed by atoms with Crippen LogP contribution in [0, 0.1) is 0 Å². The number of aliphatic imine (C=N–C) groups is 1. The molecular formula is C9H6N2S2. The van der Waals surface area contributed by atoms with Crippen molar-refractivity contribution in [3.8, 4) is 0 Å². The monoisotopic (exact) mass is 206 g/mol. The third-order valence-corrected chi connectivity index (χ3v) is 3.78. The summed E-state index contributed by atoms with van der Waals surface area (Å²) < 4.78 is 1.29. The van der Waals surface area contributed by atoms with Crippen molar-refractivity contribution in [2.75, 3.05) is 0 Å². The van der Waals surface area contributed by atoms with Crippen molar-refractivity contribution in [2.45, 2.75) is 6.42 Å². The number of nitrogens with zero attached hydrogens (tertiary/aromatic N) is 2. The Morgan fingerprint density at radius 3 is 3.38 bits per heavy atom. The lowest BCUT2D eigenvalue weighted by Crippen LogP contribution is -2.30. The Balaban J connectivity index is 2.42. The lowest BCUT2D eigenvalue weighted by molar-refractivity contribution is 1.29. The summed E-state index contributed by atoms with van der Waals surface area (Å²) in [4.78, 5) is 9.93. The van der Waals surface area contributed by atoms with Crippen LogP contribution >= 0.6 is 23.1 Å². The summed E-state index contributed by atoms with van der Waals surface area (Å²) in [6, 6.07) is 0. The first-order valence-corrected chi connectivity index (χ1v) is 5.74. The Morgan fingerprint density at radius 1 is 1.38 bits per heavy atom. The Morgan fingerprint density at radius 2 is 2.38 bits per heavy atom. The molecule has 0 bridgehead atoms. The molecule has 0 amide bonds. The molecule has 0 spiro atoms. The molecule has 1 aliphatic heterocycles. The van der Waals surface area contributed by atoms with Crippen LogP contribution in [-0.2, 0) is 0 Å². The van der Waals surface area contributed by atoms with E-state index in [1.54, 1.807) is 23.1 Å². The summed E-state index contributed by atoms with van der Waals surface area (Å²) in [7, 11) is 0. The zero-order chi connectivity index (χ0) is 8.67. The zero-order valence-corrected chi connectivity index (χ0v) is 8.36. The summed E-state index contributed by atoms with van der Waals surface area (Å²) >= 11 is 3.43. The minimum Gasteiger partial charge on any atom is -0.259 e. The predicted octanol–water partition coefficient (Wildman–Crippen LogP) is 1.09. The van der Waals surface area contributed by atoms with Crippen LogP contribution in [0.1, 0.15) is 6.42 Å². The molecule has 0 saturated carbocycles. The molecule has 0 N–H and O–H groups in total. The van der Waals surface area contributed by atoms with Gasteiger partial charge >= 0.3 is 0 Å². The standard InChI is InChI=1S/C9H6N2S2/c1-2-7-8(11-5-13-7)9-6(1)10-3-4-12-9/h2-5H,1H2. The fourth-order valence-corrected chi connectivity index (χ4v) is 3.03. The minimum atomic E-state index is 0.946. The minimum absolute atomic E-state index is 0.946. The van der Waals surface area contributed by atoms with Gasteiger partial charge in [0.1, 0.15) is 0 Å². The Hall–Kier alpha value is -0.870. The van der Waals surface area contributed by atoms with Gasteiger partial charge in [-0.05, 0) is 5.41 Å². The Bertz CT molecular complexity index is 522. The van der Waals surface area contributed by atoms with Crippen molar-refractivity contribution in [3.05, 3.63) is 27.0 Å². The first kappa shape index (κ1) is 7.53. The van der Waals surface area contributed by atoms with Gasteiger partial charge in [0.05, 0.1) is 26.0 Å². The first-order chi connectivity index (χ1) is 6.45. The third-order valence-electron chi connectivity index (χ3n) is 2.03. The van der Waals surface area contributed by atoms with Crippen LogP contribution in [0.25, 0.3) is 11.0 Å². The van der Waals surface area contributed by atoms with E-state index in [-0.39, 0.29) is 0 Å². The molecule has 1 aromatic heterocycles. The highest BCUT2D eigenvalue weighted by molar-refractivity contribution is 8.11. The maximum Gasteiger partial charge on any atom is 0.0966 e. The van der Waals surface area contributed by atoms with Crippen molar-refractivity contribution in [1.29, 1.82) is 0 Å². The number of hydrogen-bond acceptors (Lipinski definition) is 4. The smallest absolute Gasteiger partial charge is 0.0966 e. The van der Waals surface area contributed by atoms with Crippen LogP contribution < -0.4 is 9.88 Å². The second kappa shape index (κ2) is 2.82. The van der Waals surface area contributed by atoms with Crippen molar-refractivity contribution in [3.63, 3.8) is 0 Å². The zero-order valence-electron chi connectivity index (χ0n) is 6.73. The summed E-state index contributed by atoms with van der Waals surface area (Å²) in [6.45, 7) is 0. The van der Waals surface area contributed by atoms with E-state index in [4.69, 9.17) is 0 Å². The number of thiazole rings is 1. The van der Waals surface area contributed by atoms with Crippen molar-refractivity contribution in [2.24, 2.45) is 4.99 Å². The molecule has 13 heavy (non-hydrogen) atoms. The predicted molar refractivity (Wildman–Crippen MR) is 58.0 cm³/mol. The van der Waals surface area contributed by atoms with E-state index in [2.05, 4.69) is 16.1 Å². The van der Waals surface area contributed by atoms with Gasteiger partial charge in [-0.3, -0.25) is 4.99 Å². The second-order valence-electron chi connectivity index (χ2n) is 2.78. The number of rotatable bonds is 0. The summed E-state index contributed by atoms with van der Waals surface area (Å²) in [5.74, 6) is 0. The number of fused-ring (bicyclic) bond motifs is 2. The van der Waals surface area contributed by atoms with Crippen molar-refractivity contribution >= 4 is 39.8 Å². The average Bonchev–Trinajstić information content (AvgIpc) is 2.65. The van der Waals surface area contributed by atoms with E-state index in [0.29, 0.717) is 0 Å². The quantitative estimate of drug-likeness (QED) is 0.635. The van der Waals surface area contributed by atoms with E-state index in [1.807, 2.05) is 17.1 Å². The molecule has 0 radical (unpaired) electrons.